The minimum absolute atomic E-state index is 0.140. The molecule has 1 unspecified atom stereocenters. The molecule has 30 heavy (non-hydrogen) atoms. The van der Waals surface area contributed by atoms with Crippen LogP contribution in [0.25, 0.3) is 0 Å². The van der Waals surface area contributed by atoms with Gasteiger partial charge in [0.1, 0.15) is 0 Å². The Bertz CT molecular complexity index is 857. The fourth-order valence-corrected chi connectivity index (χ4v) is 4.86. The molecule has 1 aromatic carbocycles. The molecule has 1 spiro atoms. The Balaban J connectivity index is 0.00000124. The molecular formula is C24H33N3O3. The zero-order chi connectivity index (χ0) is 21.9. The molecule has 4 rings (SSSR count). The summed E-state index contributed by atoms with van der Waals surface area (Å²) in [6.45, 7) is 8.03. The monoisotopic (exact) mass is 411 g/mol. The first-order valence-electron chi connectivity index (χ1n) is 11.1. The van der Waals surface area contributed by atoms with E-state index in [-0.39, 0.29) is 11.8 Å². The number of nitrogens with zero attached hydrogens (tertiary/aromatic N) is 1. The number of Topliss-reactive ketones (excluding diaryl/α,β-unsaturated/α-hetero) is 1. The van der Waals surface area contributed by atoms with E-state index < -0.39 is 11.4 Å². The Hall–Kier alpha value is -2.63. The number of fused-ring (bicyclic) bond motifs is 1. The van der Waals surface area contributed by atoms with E-state index in [1.54, 1.807) is 11.9 Å². The lowest BCUT2D eigenvalue weighted by atomic mass is 9.92. The molecule has 0 aromatic heterocycles. The highest BCUT2D eigenvalue weighted by Gasteiger charge is 2.50. The van der Waals surface area contributed by atoms with E-state index in [1.807, 2.05) is 32.0 Å². The van der Waals surface area contributed by atoms with Gasteiger partial charge in [0, 0.05) is 37.7 Å². The minimum atomic E-state index is -0.537. The van der Waals surface area contributed by atoms with Gasteiger partial charge >= 0.3 is 6.03 Å². The van der Waals surface area contributed by atoms with Crippen LogP contribution < -0.4 is 10.6 Å². The van der Waals surface area contributed by atoms with Gasteiger partial charge in [0.15, 0.2) is 0 Å². The number of anilines is 1. The van der Waals surface area contributed by atoms with Crippen LogP contribution in [0, 0.1) is 5.92 Å². The van der Waals surface area contributed by atoms with E-state index in [0.717, 1.165) is 17.5 Å². The SMILES string of the molecule is C=C1NC(=O)N(C)C12Cc1ccc(NC(=O)C(=O)CCC3CCCC3)cc1C2.CC. The Morgan fingerprint density at radius 1 is 1.20 bits per heavy atom. The van der Waals surface area contributed by atoms with Crippen molar-refractivity contribution in [2.75, 3.05) is 12.4 Å². The van der Waals surface area contributed by atoms with Crippen LogP contribution >= 0.6 is 0 Å². The molecule has 2 fully saturated rings. The second-order valence-corrected chi connectivity index (χ2v) is 8.40. The standard InChI is InChI=1S/C22H27N3O3.C2H6/c1-14-22(25(2)21(28)23-14)12-16-8-9-18(11-17(16)13-22)24-20(27)19(26)10-7-15-5-3-4-6-15;1-2/h8-9,11,15H,1,3-7,10,12-13H2,2H3,(H,23,28)(H,24,27);1-2H3. The van der Waals surface area contributed by atoms with E-state index >= 15 is 0 Å². The summed E-state index contributed by atoms with van der Waals surface area (Å²) in [6, 6.07) is 5.56. The third kappa shape index (κ3) is 4.13. The molecule has 0 bridgehead atoms. The van der Waals surface area contributed by atoms with E-state index in [1.165, 1.54) is 25.7 Å². The Labute approximate surface area is 179 Å². The van der Waals surface area contributed by atoms with Gasteiger partial charge in [0.05, 0.1) is 5.54 Å². The smallest absolute Gasteiger partial charge is 0.319 e. The number of carbonyl (C=O) groups excluding carboxylic acids is 3. The number of carbonyl (C=O) groups is 3. The number of nitrogens with one attached hydrogen (secondary N) is 2. The highest BCUT2D eigenvalue weighted by atomic mass is 16.2. The Morgan fingerprint density at radius 3 is 2.50 bits per heavy atom. The average molecular weight is 412 g/mol. The molecule has 2 aliphatic carbocycles. The maximum Gasteiger partial charge on any atom is 0.322 e. The van der Waals surface area contributed by atoms with Crippen molar-refractivity contribution < 1.29 is 14.4 Å². The van der Waals surface area contributed by atoms with E-state index in [2.05, 4.69) is 17.2 Å². The quantitative estimate of drug-likeness (QED) is 0.713. The molecular weight excluding hydrogens is 378 g/mol. The molecule has 2 N–H and O–H groups in total. The van der Waals surface area contributed by atoms with E-state index in [9.17, 15) is 14.4 Å². The maximum atomic E-state index is 12.3. The maximum absolute atomic E-state index is 12.3. The van der Waals surface area contributed by atoms with Crippen molar-refractivity contribution in [3.63, 3.8) is 0 Å². The first kappa shape index (κ1) is 22.1. The third-order valence-electron chi connectivity index (χ3n) is 6.70. The largest absolute Gasteiger partial charge is 0.322 e. The predicted molar refractivity (Wildman–Crippen MR) is 118 cm³/mol. The summed E-state index contributed by atoms with van der Waals surface area (Å²) in [5.41, 5.74) is 3.10. The van der Waals surface area contributed by atoms with Gasteiger partial charge in [-0.2, -0.15) is 0 Å². The molecule has 1 saturated carbocycles. The van der Waals surface area contributed by atoms with Gasteiger partial charge in [-0.05, 0) is 35.6 Å². The van der Waals surface area contributed by atoms with Crippen molar-refractivity contribution in [3.8, 4) is 0 Å². The van der Waals surface area contributed by atoms with Crippen LogP contribution in [0.4, 0.5) is 10.5 Å². The normalized spacial score (nSPS) is 22.6. The Kier molecular flexibility index (Phi) is 6.64. The van der Waals surface area contributed by atoms with Gasteiger partial charge in [0.2, 0.25) is 5.78 Å². The third-order valence-corrected chi connectivity index (χ3v) is 6.70. The summed E-state index contributed by atoms with van der Waals surface area (Å²) in [6.07, 6.45) is 7.32. The molecule has 3 aliphatic rings. The zero-order valence-electron chi connectivity index (χ0n) is 18.3. The van der Waals surface area contributed by atoms with Crippen molar-refractivity contribution in [1.29, 1.82) is 0 Å². The summed E-state index contributed by atoms with van der Waals surface area (Å²) in [4.78, 5) is 38.2. The number of ketones is 1. The second kappa shape index (κ2) is 9.02. The minimum Gasteiger partial charge on any atom is -0.319 e. The van der Waals surface area contributed by atoms with E-state index in [4.69, 9.17) is 0 Å². The summed E-state index contributed by atoms with van der Waals surface area (Å²) < 4.78 is 0. The van der Waals surface area contributed by atoms with Crippen LogP contribution in [-0.2, 0) is 22.4 Å². The molecule has 0 radical (unpaired) electrons. The second-order valence-electron chi connectivity index (χ2n) is 8.40. The van der Waals surface area contributed by atoms with Crippen LogP contribution in [0.5, 0.6) is 0 Å². The first-order valence-corrected chi connectivity index (χ1v) is 11.1. The van der Waals surface area contributed by atoms with Gasteiger partial charge in [-0.3, -0.25) is 9.59 Å². The molecule has 1 aromatic rings. The molecule has 6 nitrogen and oxygen atoms in total. The van der Waals surface area contributed by atoms with E-state index in [0.29, 0.717) is 36.6 Å². The predicted octanol–water partition coefficient (Wildman–Crippen LogP) is 4.20. The Morgan fingerprint density at radius 2 is 1.87 bits per heavy atom. The first-order chi connectivity index (χ1) is 14.4. The molecule has 1 atom stereocenters. The number of benzene rings is 1. The molecule has 162 valence electrons. The van der Waals surface area contributed by atoms with Crippen molar-refractivity contribution in [1.82, 2.24) is 10.2 Å². The molecule has 6 heteroatoms. The highest BCUT2D eigenvalue weighted by Crippen LogP contribution is 2.41. The van der Waals surface area contributed by atoms with Gasteiger partial charge in [-0.1, -0.05) is 52.2 Å². The van der Waals surface area contributed by atoms with Crippen LogP contribution in [0.15, 0.2) is 30.5 Å². The fourth-order valence-electron chi connectivity index (χ4n) is 4.86. The number of likely N-dealkylation sites (N-methyl/N-ethyl adjacent to an activating group) is 1. The summed E-state index contributed by atoms with van der Waals surface area (Å²) in [5, 5.41) is 5.56. The summed E-state index contributed by atoms with van der Waals surface area (Å²) in [5.74, 6) is -0.284. The van der Waals surface area contributed by atoms with Crippen molar-refractivity contribution in [2.45, 2.75) is 70.8 Å². The van der Waals surface area contributed by atoms with Crippen molar-refractivity contribution >= 4 is 23.4 Å². The average Bonchev–Trinajstić information content (AvgIpc) is 3.44. The van der Waals surface area contributed by atoms with Gasteiger partial charge in [-0.15, -0.1) is 0 Å². The lowest BCUT2D eigenvalue weighted by Gasteiger charge is -2.30. The van der Waals surface area contributed by atoms with Gasteiger partial charge in [0.25, 0.3) is 5.91 Å². The lowest BCUT2D eigenvalue weighted by Crippen LogP contribution is -2.44. The number of amides is 3. The van der Waals surface area contributed by atoms with Crippen molar-refractivity contribution in [2.24, 2.45) is 5.92 Å². The summed E-state index contributed by atoms with van der Waals surface area (Å²) in [7, 11) is 1.78. The van der Waals surface area contributed by atoms with Crippen LogP contribution in [0.2, 0.25) is 0 Å². The van der Waals surface area contributed by atoms with Gasteiger partial charge < -0.3 is 15.5 Å². The number of hydrogen-bond acceptors (Lipinski definition) is 3. The van der Waals surface area contributed by atoms with Crippen LogP contribution in [0.3, 0.4) is 0 Å². The number of rotatable bonds is 5. The molecule has 1 heterocycles. The molecule has 3 amide bonds. The number of urea groups is 1. The summed E-state index contributed by atoms with van der Waals surface area (Å²) >= 11 is 0. The van der Waals surface area contributed by atoms with Crippen LogP contribution in [-0.4, -0.2) is 35.2 Å². The lowest BCUT2D eigenvalue weighted by molar-refractivity contribution is -0.135. The molecule has 1 saturated heterocycles. The van der Waals surface area contributed by atoms with Crippen LogP contribution in [0.1, 0.15) is 63.5 Å². The fraction of sp³-hybridized carbons (Fsp3) is 0.542. The topological polar surface area (TPSA) is 78.5 Å². The highest BCUT2D eigenvalue weighted by molar-refractivity contribution is 6.40. The molecule has 1 aliphatic heterocycles. The number of hydrogen-bond donors (Lipinski definition) is 2. The zero-order valence-corrected chi connectivity index (χ0v) is 18.3. The van der Waals surface area contributed by atoms with Gasteiger partial charge in [-0.25, -0.2) is 4.79 Å². The van der Waals surface area contributed by atoms with Crippen molar-refractivity contribution in [3.05, 3.63) is 41.6 Å².